The Balaban J connectivity index is 1.33. The number of aliphatic imine (C=N–C) groups is 1. The van der Waals surface area contributed by atoms with Gasteiger partial charge in [-0.25, -0.2) is 4.98 Å². The minimum Gasteiger partial charge on any atom is -0.348 e. The summed E-state index contributed by atoms with van der Waals surface area (Å²) in [5, 5.41) is 0. The Kier molecular flexibility index (Phi) is 9.26. The molecule has 2 aromatic rings. The predicted octanol–water partition coefficient (Wildman–Crippen LogP) is 4.50. The molecule has 0 spiro atoms. The van der Waals surface area contributed by atoms with Gasteiger partial charge in [-0.2, -0.15) is 0 Å². The van der Waals surface area contributed by atoms with Crippen molar-refractivity contribution in [2.75, 3.05) is 32.7 Å². The van der Waals surface area contributed by atoms with Crippen molar-refractivity contribution in [2.24, 2.45) is 4.99 Å². The van der Waals surface area contributed by atoms with Crippen LogP contribution in [0.1, 0.15) is 67.7 Å². The third-order valence-electron chi connectivity index (χ3n) is 6.95. The molecule has 0 unspecified atom stereocenters. The van der Waals surface area contributed by atoms with Crippen molar-refractivity contribution in [1.29, 1.82) is 0 Å². The maximum absolute atomic E-state index is 13.2. The van der Waals surface area contributed by atoms with Gasteiger partial charge in [-0.3, -0.25) is 14.7 Å². The van der Waals surface area contributed by atoms with Crippen LogP contribution < -0.4 is 0 Å². The summed E-state index contributed by atoms with van der Waals surface area (Å²) in [6.07, 6.45) is 13.1. The second-order valence-electron chi connectivity index (χ2n) is 9.72. The van der Waals surface area contributed by atoms with Crippen LogP contribution in [0.25, 0.3) is 0 Å². The summed E-state index contributed by atoms with van der Waals surface area (Å²) in [7, 11) is 0. The van der Waals surface area contributed by atoms with Crippen LogP contribution in [0.5, 0.6) is 0 Å². The van der Waals surface area contributed by atoms with Crippen LogP contribution in [0, 0.1) is 0 Å². The van der Waals surface area contributed by atoms with E-state index in [0.29, 0.717) is 6.04 Å². The van der Waals surface area contributed by atoms with Crippen LogP contribution in [-0.2, 0) is 13.1 Å². The van der Waals surface area contributed by atoms with E-state index in [0.717, 1.165) is 76.5 Å². The van der Waals surface area contributed by atoms with Crippen molar-refractivity contribution >= 4 is 11.6 Å². The molecule has 0 radical (unpaired) electrons. The zero-order chi connectivity index (χ0) is 24.5. The van der Waals surface area contributed by atoms with E-state index in [2.05, 4.69) is 56.8 Å². The van der Waals surface area contributed by atoms with Gasteiger partial charge in [0.15, 0.2) is 0 Å². The molecule has 1 aromatic heterocycles. The number of piperidine rings is 1. The Morgan fingerprint density at radius 3 is 2.40 bits per heavy atom. The molecule has 7 nitrogen and oxygen atoms in total. The fraction of sp³-hybridized carbons (Fsp3) is 0.536. The molecular formula is C28H40N6O. The lowest BCUT2D eigenvalue weighted by molar-refractivity contribution is 0.0618. The van der Waals surface area contributed by atoms with Gasteiger partial charge >= 0.3 is 0 Å². The Bertz CT molecular complexity index is 967. The standard InChI is InChI=1S/C28H40N6O/c1-3-16-33(17-4-2)26-11-18-34(19-12-26)28(35)24-9-7-23(8-10-24)20-32(21-25-6-5-13-29-25)22-27-30-14-15-31-27/h5,7-10,13-15,26H,3-4,6,11-12,16-22H2,1-2H3,(H,30,31). The quantitative estimate of drug-likeness (QED) is 0.490. The van der Waals surface area contributed by atoms with E-state index in [-0.39, 0.29) is 5.91 Å². The van der Waals surface area contributed by atoms with Crippen molar-refractivity contribution in [1.82, 2.24) is 24.7 Å². The fourth-order valence-electron chi connectivity index (χ4n) is 5.21. The number of carbonyl (C=O) groups is 1. The molecule has 3 heterocycles. The molecule has 1 fully saturated rings. The number of nitrogens with zero attached hydrogens (tertiary/aromatic N) is 5. The zero-order valence-electron chi connectivity index (χ0n) is 21.3. The van der Waals surface area contributed by atoms with Crippen LogP contribution in [0.2, 0.25) is 0 Å². The lowest BCUT2D eigenvalue weighted by atomic mass is 10.0. The maximum Gasteiger partial charge on any atom is 0.253 e. The van der Waals surface area contributed by atoms with E-state index in [1.54, 1.807) is 6.20 Å². The van der Waals surface area contributed by atoms with E-state index in [1.807, 2.05) is 29.4 Å². The van der Waals surface area contributed by atoms with Crippen molar-refractivity contribution in [3.05, 3.63) is 65.9 Å². The first-order chi connectivity index (χ1) is 17.2. The number of carbonyl (C=O) groups excluding carboxylic acids is 1. The number of imidazole rings is 1. The number of hydrogen-bond donors (Lipinski definition) is 1. The smallest absolute Gasteiger partial charge is 0.253 e. The van der Waals surface area contributed by atoms with Gasteiger partial charge in [0.1, 0.15) is 5.82 Å². The van der Waals surface area contributed by atoms with Crippen molar-refractivity contribution < 1.29 is 4.79 Å². The van der Waals surface area contributed by atoms with E-state index >= 15 is 0 Å². The molecular weight excluding hydrogens is 436 g/mol. The number of aromatic amines is 1. The van der Waals surface area contributed by atoms with E-state index < -0.39 is 0 Å². The van der Waals surface area contributed by atoms with Crippen LogP contribution in [0.15, 0.2) is 53.9 Å². The summed E-state index contributed by atoms with van der Waals surface area (Å²) in [5.74, 6) is 1.11. The van der Waals surface area contributed by atoms with Gasteiger partial charge in [0.05, 0.1) is 6.54 Å². The second-order valence-corrected chi connectivity index (χ2v) is 9.72. The molecule has 0 aliphatic carbocycles. The van der Waals surface area contributed by atoms with Crippen LogP contribution in [0.4, 0.5) is 0 Å². The van der Waals surface area contributed by atoms with Crippen LogP contribution in [0.3, 0.4) is 0 Å². The molecule has 1 aromatic carbocycles. The minimum absolute atomic E-state index is 0.159. The molecule has 4 rings (SSSR count). The van der Waals surface area contributed by atoms with E-state index in [4.69, 9.17) is 0 Å². The topological polar surface area (TPSA) is 67.8 Å². The lowest BCUT2D eigenvalue weighted by Crippen LogP contribution is -2.47. The van der Waals surface area contributed by atoms with Crippen molar-refractivity contribution in [3.8, 4) is 0 Å². The highest BCUT2D eigenvalue weighted by Crippen LogP contribution is 2.20. The number of aromatic nitrogens is 2. The predicted molar refractivity (Wildman–Crippen MR) is 141 cm³/mol. The molecule has 188 valence electrons. The van der Waals surface area contributed by atoms with Gasteiger partial charge in [-0.05, 0) is 56.5 Å². The van der Waals surface area contributed by atoms with Crippen LogP contribution >= 0.6 is 0 Å². The molecule has 1 saturated heterocycles. The Morgan fingerprint density at radius 1 is 1.06 bits per heavy atom. The first-order valence-corrected chi connectivity index (χ1v) is 13.2. The van der Waals surface area contributed by atoms with E-state index in [9.17, 15) is 4.79 Å². The molecule has 1 N–H and O–H groups in total. The largest absolute Gasteiger partial charge is 0.348 e. The van der Waals surface area contributed by atoms with Gasteiger partial charge in [-0.1, -0.05) is 32.1 Å². The van der Waals surface area contributed by atoms with Crippen molar-refractivity contribution in [2.45, 2.75) is 65.1 Å². The Labute approximate surface area is 209 Å². The number of amides is 1. The second kappa shape index (κ2) is 12.8. The minimum atomic E-state index is 0.159. The highest BCUT2D eigenvalue weighted by atomic mass is 16.2. The van der Waals surface area contributed by atoms with Gasteiger partial charge < -0.3 is 14.8 Å². The summed E-state index contributed by atoms with van der Waals surface area (Å²) in [4.78, 5) is 32.2. The summed E-state index contributed by atoms with van der Waals surface area (Å²) >= 11 is 0. The summed E-state index contributed by atoms with van der Waals surface area (Å²) in [6, 6.07) is 8.77. The molecule has 0 bridgehead atoms. The number of hydrogen-bond acceptors (Lipinski definition) is 5. The first kappa shape index (κ1) is 25.3. The SMILES string of the molecule is CCCN(CCC)C1CCN(C(=O)c2ccc(CN(CC3=NC=CC3)Cc3ncc[nH]3)cc2)CC1. The van der Waals surface area contributed by atoms with Gasteiger partial charge in [-0.15, -0.1) is 0 Å². The fourth-order valence-corrected chi connectivity index (χ4v) is 5.21. The number of benzene rings is 1. The molecule has 7 heteroatoms. The third-order valence-corrected chi connectivity index (χ3v) is 6.95. The van der Waals surface area contributed by atoms with Crippen LogP contribution in [-0.4, -0.2) is 75.1 Å². The molecule has 2 aliphatic rings. The normalized spacial score (nSPS) is 16.5. The van der Waals surface area contributed by atoms with Crippen molar-refractivity contribution in [3.63, 3.8) is 0 Å². The molecule has 0 saturated carbocycles. The zero-order valence-corrected chi connectivity index (χ0v) is 21.3. The van der Waals surface area contributed by atoms with Gasteiger partial charge in [0.25, 0.3) is 5.91 Å². The lowest BCUT2D eigenvalue weighted by Gasteiger charge is -2.38. The number of likely N-dealkylation sites (tertiary alicyclic amines) is 1. The summed E-state index contributed by atoms with van der Waals surface area (Å²) in [6.45, 7) is 10.8. The highest BCUT2D eigenvalue weighted by molar-refractivity contribution is 5.94. The molecule has 1 amide bonds. The first-order valence-electron chi connectivity index (χ1n) is 13.2. The molecule has 2 aliphatic heterocycles. The summed E-state index contributed by atoms with van der Waals surface area (Å²) < 4.78 is 0. The number of nitrogens with one attached hydrogen (secondary N) is 1. The molecule has 0 atom stereocenters. The van der Waals surface area contributed by atoms with Gasteiger partial charge in [0, 0.05) is 68.5 Å². The average molecular weight is 477 g/mol. The average Bonchev–Trinajstić information content (AvgIpc) is 3.59. The van der Waals surface area contributed by atoms with E-state index in [1.165, 1.54) is 24.1 Å². The monoisotopic (exact) mass is 476 g/mol. The number of rotatable bonds is 12. The maximum atomic E-state index is 13.2. The number of H-pyrrole nitrogens is 1. The Hall–Kier alpha value is -2.77. The third kappa shape index (κ3) is 7.12. The Morgan fingerprint density at radius 2 is 1.80 bits per heavy atom. The number of allylic oxidation sites excluding steroid dienone is 1. The molecule has 35 heavy (non-hydrogen) atoms. The van der Waals surface area contributed by atoms with Gasteiger partial charge in [0.2, 0.25) is 0 Å². The highest BCUT2D eigenvalue weighted by Gasteiger charge is 2.26. The summed E-state index contributed by atoms with van der Waals surface area (Å²) in [5.41, 5.74) is 3.14.